The van der Waals surface area contributed by atoms with Gasteiger partial charge in [-0.2, -0.15) is 0 Å². The number of nitrogens with one attached hydrogen (secondary N) is 1. The molecule has 0 heterocycles. The van der Waals surface area contributed by atoms with Crippen molar-refractivity contribution < 1.29 is 4.79 Å². The normalized spacial score (nSPS) is 22.9. The Morgan fingerprint density at radius 1 is 1.44 bits per heavy atom. The first-order valence-corrected chi connectivity index (χ1v) is 6.34. The van der Waals surface area contributed by atoms with Gasteiger partial charge in [0.15, 0.2) is 0 Å². The van der Waals surface area contributed by atoms with Gasteiger partial charge in [-0.3, -0.25) is 4.79 Å². The summed E-state index contributed by atoms with van der Waals surface area (Å²) < 4.78 is 0. The fourth-order valence-corrected chi connectivity index (χ4v) is 2.59. The maximum Gasteiger partial charge on any atom is 0.240 e. The minimum atomic E-state index is -0.588. The molecule has 5 heteroatoms. The summed E-state index contributed by atoms with van der Waals surface area (Å²) in [5.41, 5.74) is 7.72. The molecule has 0 spiro atoms. The maximum absolute atomic E-state index is 11.9. The summed E-state index contributed by atoms with van der Waals surface area (Å²) in [6.45, 7) is 0. The van der Waals surface area contributed by atoms with Gasteiger partial charge < -0.3 is 11.1 Å². The molecule has 18 heavy (non-hydrogen) atoms. The Balaban J connectivity index is 0.00000120. The molecule has 3 nitrogen and oxygen atoms in total. The lowest BCUT2D eigenvalue weighted by molar-refractivity contribution is -0.124. The van der Waals surface area contributed by atoms with Crippen molar-refractivity contribution in [2.24, 2.45) is 5.73 Å². The second-order valence-electron chi connectivity index (χ2n) is 5.06. The maximum atomic E-state index is 11.9. The van der Waals surface area contributed by atoms with Crippen LogP contribution in [0.15, 0.2) is 18.2 Å². The first-order valence-electron chi connectivity index (χ1n) is 5.97. The van der Waals surface area contributed by atoms with Crippen LogP contribution in [-0.4, -0.2) is 11.4 Å². The summed E-state index contributed by atoms with van der Waals surface area (Å²) in [6.07, 6.45) is 3.52. The molecule has 0 aliphatic heterocycles. The van der Waals surface area contributed by atoms with E-state index in [0.29, 0.717) is 0 Å². The topological polar surface area (TPSA) is 55.1 Å². The molecule has 2 aliphatic rings. The summed E-state index contributed by atoms with van der Waals surface area (Å²) in [5.74, 6) is -0.00898. The van der Waals surface area contributed by atoms with Gasteiger partial charge in [0, 0.05) is 5.02 Å². The van der Waals surface area contributed by atoms with Crippen LogP contribution in [0.4, 0.5) is 0 Å². The Morgan fingerprint density at radius 3 is 2.83 bits per heavy atom. The fraction of sp³-hybridized carbons (Fsp3) is 0.462. The van der Waals surface area contributed by atoms with E-state index in [1.807, 2.05) is 18.2 Å². The van der Waals surface area contributed by atoms with E-state index in [4.69, 9.17) is 17.3 Å². The molecule has 0 bridgehead atoms. The summed E-state index contributed by atoms with van der Waals surface area (Å²) >= 11 is 5.95. The van der Waals surface area contributed by atoms with Gasteiger partial charge in [0.25, 0.3) is 0 Å². The van der Waals surface area contributed by atoms with E-state index >= 15 is 0 Å². The van der Waals surface area contributed by atoms with Crippen LogP contribution in [0.1, 0.15) is 36.4 Å². The lowest BCUT2D eigenvalue weighted by Crippen LogP contribution is -2.43. The van der Waals surface area contributed by atoms with E-state index in [1.165, 1.54) is 11.1 Å². The van der Waals surface area contributed by atoms with Crippen molar-refractivity contribution in [3.63, 3.8) is 0 Å². The molecule has 98 valence electrons. The average Bonchev–Trinajstić information content (AvgIpc) is 2.93. The quantitative estimate of drug-likeness (QED) is 0.877. The fourth-order valence-electron chi connectivity index (χ4n) is 2.40. The highest BCUT2D eigenvalue weighted by Crippen LogP contribution is 2.36. The van der Waals surface area contributed by atoms with Crippen LogP contribution < -0.4 is 11.1 Å². The lowest BCUT2D eigenvalue weighted by atomic mass is 10.1. The molecule has 1 aromatic carbocycles. The predicted molar refractivity (Wildman–Crippen MR) is 74.1 cm³/mol. The SMILES string of the molecule is Cl.NC1(C(=O)NC2CCc3cc(Cl)ccc32)CC1. The van der Waals surface area contributed by atoms with E-state index in [1.54, 1.807) is 0 Å². The first-order chi connectivity index (χ1) is 8.08. The minimum absolute atomic E-state index is 0. The Kier molecular flexibility index (Phi) is 3.58. The monoisotopic (exact) mass is 286 g/mol. The van der Waals surface area contributed by atoms with E-state index in [2.05, 4.69) is 5.32 Å². The number of benzene rings is 1. The highest BCUT2D eigenvalue weighted by atomic mass is 35.5. The van der Waals surface area contributed by atoms with Crippen LogP contribution in [0.2, 0.25) is 5.02 Å². The molecule has 0 aromatic heterocycles. The van der Waals surface area contributed by atoms with E-state index < -0.39 is 5.54 Å². The van der Waals surface area contributed by atoms with Gasteiger partial charge in [-0.25, -0.2) is 0 Å². The van der Waals surface area contributed by atoms with Crippen molar-refractivity contribution in [3.8, 4) is 0 Å². The van der Waals surface area contributed by atoms with Crippen LogP contribution in [0.5, 0.6) is 0 Å². The standard InChI is InChI=1S/C13H15ClN2O.ClH/c14-9-2-3-10-8(7-9)1-4-11(10)16-12(17)13(15)5-6-13;/h2-3,7,11H,1,4-6,15H2,(H,16,17);1H. The number of halogens is 2. The third kappa shape index (κ3) is 2.35. The van der Waals surface area contributed by atoms with Gasteiger partial charge in [0.05, 0.1) is 11.6 Å². The van der Waals surface area contributed by atoms with Crippen LogP contribution >= 0.6 is 24.0 Å². The molecule has 1 atom stereocenters. The van der Waals surface area contributed by atoms with Gasteiger partial charge >= 0.3 is 0 Å². The highest BCUT2D eigenvalue weighted by molar-refractivity contribution is 6.30. The molecule has 1 fully saturated rings. The highest BCUT2D eigenvalue weighted by Gasteiger charge is 2.46. The van der Waals surface area contributed by atoms with Crippen LogP contribution in [0.25, 0.3) is 0 Å². The zero-order valence-electron chi connectivity index (χ0n) is 9.91. The zero-order chi connectivity index (χ0) is 12.0. The third-order valence-electron chi connectivity index (χ3n) is 3.73. The lowest BCUT2D eigenvalue weighted by Gasteiger charge is -2.17. The number of carbonyl (C=O) groups is 1. The minimum Gasteiger partial charge on any atom is -0.348 e. The molecular weight excluding hydrogens is 271 g/mol. The summed E-state index contributed by atoms with van der Waals surface area (Å²) in [7, 11) is 0. The van der Waals surface area contributed by atoms with Crippen molar-refractivity contribution in [2.75, 3.05) is 0 Å². The average molecular weight is 287 g/mol. The van der Waals surface area contributed by atoms with Crippen molar-refractivity contribution >= 4 is 29.9 Å². The Bertz CT molecular complexity index is 486. The van der Waals surface area contributed by atoms with Crippen molar-refractivity contribution in [1.82, 2.24) is 5.32 Å². The van der Waals surface area contributed by atoms with Crippen molar-refractivity contribution in [2.45, 2.75) is 37.3 Å². The van der Waals surface area contributed by atoms with E-state index in [-0.39, 0.29) is 24.4 Å². The summed E-state index contributed by atoms with van der Waals surface area (Å²) in [5, 5.41) is 3.81. The van der Waals surface area contributed by atoms with Gasteiger partial charge in [-0.05, 0) is 48.9 Å². The number of amides is 1. The Hall–Kier alpha value is -0.770. The van der Waals surface area contributed by atoms with Crippen molar-refractivity contribution in [1.29, 1.82) is 0 Å². The van der Waals surface area contributed by atoms with E-state index in [9.17, 15) is 4.79 Å². The number of hydrogen-bond acceptors (Lipinski definition) is 2. The molecule has 1 aromatic rings. The van der Waals surface area contributed by atoms with Crippen molar-refractivity contribution in [3.05, 3.63) is 34.3 Å². The predicted octanol–water partition coefficient (Wildman–Crippen LogP) is 2.36. The molecule has 3 rings (SSSR count). The Labute approximate surface area is 117 Å². The zero-order valence-corrected chi connectivity index (χ0v) is 11.5. The van der Waals surface area contributed by atoms with Gasteiger partial charge in [-0.1, -0.05) is 17.7 Å². The van der Waals surface area contributed by atoms with Crippen LogP contribution in [0.3, 0.4) is 0 Å². The number of aryl methyl sites for hydroxylation is 1. The second kappa shape index (κ2) is 4.72. The number of nitrogens with two attached hydrogens (primary N) is 1. The molecule has 1 amide bonds. The molecule has 3 N–H and O–H groups in total. The second-order valence-corrected chi connectivity index (χ2v) is 5.50. The number of carbonyl (C=O) groups excluding carboxylic acids is 1. The molecule has 2 aliphatic carbocycles. The van der Waals surface area contributed by atoms with Gasteiger partial charge in [0.1, 0.15) is 0 Å². The smallest absolute Gasteiger partial charge is 0.240 e. The van der Waals surface area contributed by atoms with Gasteiger partial charge in [0.2, 0.25) is 5.91 Å². The molecular formula is C13H16Cl2N2O. The Morgan fingerprint density at radius 2 is 2.17 bits per heavy atom. The number of hydrogen-bond donors (Lipinski definition) is 2. The number of fused-ring (bicyclic) bond motifs is 1. The molecule has 1 saturated carbocycles. The molecule has 1 unspecified atom stereocenters. The third-order valence-corrected chi connectivity index (χ3v) is 3.96. The molecule has 0 radical (unpaired) electrons. The van der Waals surface area contributed by atoms with Crippen LogP contribution in [0, 0.1) is 0 Å². The molecule has 0 saturated heterocycles. The summed E-state index contributed by atoms with van der Waals surface area (Å²) in [4.78, 5) is 11.9. The van der Waals surface area contributed by atoms with Crippen LogP contribution in [-0.2, 0) is 11.2 Å². The van der Waals surface area contributed by atoms with E-state index in [0.717, 1.165) is 30.7 Å². The largest absolute Gasteiger partial charge is 0.348 e. The van der Waals surface area contributed by atoms with Gasteiger partial charge in [-0.15, -0.1) is 12.4 Å². The first kappa shape index (κ1) is 13.7. The number of rotatable bonds is 2. The summed E-state index contributed by atoms with van der Waals surface area (Å²) in [6, 6.07) is 5.97.